The van der Waals surface area contributed by atoms with Gasteiger partial charge in [-0.1, -0.05) is 13.8 Å². The standard InChI is InChI=1S/C17H22N2O3S/c1-12(2)16-18-15(11-23-16)17(20)19(9-13-5-3-7-21-13)10-14-6-4-8-22-14/h3,5,7,11-12,14H,4,6,8-10H2,1-2H3/t14-/m0/s1. The van der Waals surface area contributed by atoms with Gasteiger partial charge in [0.05, 0.1) is 23.9 Å². The van der Waals surface area contributed by atoms with Crippen molar-refractivity contribution >= 4 is 17.2 Å². The van der Waals surface area contributed by atoms with Crippen LogP contribution in [0.2, 0.25) is 0 Å². The minimum absolute atomic E-state index is 0.0555. The SMILES string of the molecule is CC(C)c1nc(C(=O)N(Cc2ccco2)C[C@@H]2CCCO2)cs1. The molecule has 23 heavy (non-hydrogen) atoms. The van der Waals surface area contributed by atoms with Gasteiger partial charge in [-0.25, -0.2) is 4.98 Å². The lowest BCUT2D eigenvalue weighted by Gasteiger charge is -2.24. The third kappa shape index (κ3) is 4.00. The summed E-state index contributed by atoms with van der Waals surface area (Å²) < 4.78 is 11.1. The van der Waals surface area contributed by atoms with Crippen molar-refractivity contribution in [3.63, 3.8) is 0 Å². The number of thiazole rings is 1. The van der Waals surface area contributed by atoms with Gasteiger partial charge in [-0.05, 0) is 25.0 Å². The Morgan fingerprint density at radius 2 is 2.39 bits per heavy atom. The van der Waals surface area contributed by atoms with E-state index < -0.39 is 0 Å². The Balaban J connectivity index is 1.75. The molecule has 0 spiro atoms. The lowest BCUT2D eigenvalue weighted by atomic mass is 10.2. The van der Waals surface area contributed by atoms with E-state index in [9.17, 15) is 4.79 Å². The molecule has 0 bridgehead atoms. The van der Waals surface area contributed by atoms with Gasteiger partial charge in [0.15, 0.2) is 0 Å². The van der Waals surface area contributed by atoms with Crippen LogP contribution >= 0.6 is 11.3 Å². The summed E-state index contributed by atoms with van der Waals surface area (Å²) in [7, 11) is 0. The lowest BCUT2D eigenvalue weighted by Crippen LogP contribution is -2.37. The number of carbonyl (C=O) groups is 1. The Morgan fingerprint density at radius 3 is 3.00 bits per heavy atom. The molecule has 1 amide bonds. The first-order valence-corrected chi connectivity index (χ1v) is 8.90. The summed E-state index contributed by atoms with van der Waals surface area (Å²) in [6, 6.07) is 3.72. The summed E-state index contributed by atoms with van der Waals surface area (Å²) in [6.07, 6.45) is 3.79. The van der Waals surface area contributed by atoms with Gasteiger partial charge < -0.3 is 14.1 Å². The van der Waals surface area contributed by atoms with Crippen molar-refractivity contribution in [3.8, 4) is 0 Å². The minimum Gasteiger partial charge on any atom is -0.467 e. The Hall–Kier alpha value is -1.66. The number of furan rings is 1. The average molecular weight is 334 g/mol. The van der Waals surface area contributed by atoms with Gasteiger partial charge in [0.25, 0.3) is 5.91 Å². The molecule has 1 saturated heterocycles. The molecule has 1 atom stereocenters. The summed E-state index contributed by atoms with van der Waals surface area (Å²) in [4.78, 5) is 19.1. The molecule has 1 aliphatic rings. The van der Waals surface area contributed by atoms with E-state index in [4.69, 9.17) is 9.15 Å². The molecule has 3 heterocycles. The predicted octanol–water partition coefficient (Wildman–Crippen LogP) is 3.68. The fourth-order valence-electron chi connectivity index (χ4n) is 2.66. The van der Waals surface area contributed by atoms with E-state index in [1.54, 1.807) is 22.5 Å². The van der Waals surface area contributed by atoms with Crippen molar-refractivity contribution < 1.29 is 13.9 Å². The first-order chi connectivity index (χ1) is 11.1. The zero-order chi connectivity index (χ0) is 16.2. The van der Waals surface area contributed by atoms with Crippen molar-refractivity contribution in [2.45, 2.75) is 45.3 Å². The molecule has 2 aromatic heterocycles. The van der Waals surface area contributed by atoms with Crippen molar-refractivity contribution in [3.05, 3.63) is 40.2 Å². The van der Waals surface area contributed by atoms with Crippen molar-refractivity contribution in [2.75, 3.05) is 13.2 Å². The van der Waals surface area contributed by atoms with Gasteiger partial charge in [-0.3, -0.25) is 4.79 Å². The number of rotatable bonds is 6. The van der Waals surface area contributed by atoms with E-state index in [2.05, 4.69) is 18.8 Å². The molecule has 1 aliphatic heterocycles. The number of aromatic nitrogens is 1. The second kappa shape index (κ2) is 7.27. The zero-order valence-electron chi connectivity index (χ0n) is 13.5. The molecule has 0 unspecified atom stereocenters. The lowest BCUT2D eigenvalue weighted by molar-refractivity contribution is 0.0487. The van der Waals surface area contributed by atoms with Crippen LogP contribution in [-0.2, 0) is 11.3 Å². The highest BCUT2D eigenvalue weighted by Crippen LogP contribution is 2.22. The third-order valence-electron chi connectivity index (χ3n) is 3.90. The largest absolute Gasteiger partial charge is 0.467 e. The number of amides is 1. The quantitative estimate of drug-likeness (QED) is 0.808. The third-order valence-corrected chi connectivity index (χ3v) is 5.04. The summed E-state index contributed by atoms with van der Waals surface area (Å²) in [5.74, 6) is 1.05. The van der Waals surface area contributed by atoms with Crippen molar-refractivity contribution in [1.29, 1.82) is 0 Å². The average Bonchev–Trinajstić information content (AvgIpc) is 3.28. The van der Waals surface area contributed by atoms with Crippen LogP contribution in [0.1, 0.15) is 53.9 Å². The van der Waals surface area contributed by atoms with Crippen LogP contribution in [0.25, 0.3) is 0 Å². The molecule has 0 saturated carbocycles. The van der Waals surface area contributed by atoms with Crippen LogP contribution in [-0.4, -0.2) is 35.0 Å². The molecule has 1 fully saturated rings. The van der Waals surface area contributed by atoms with Crippen molar-refractivity contribution in [2.24, 2.45) is 0 Å². The second-order valence-corrected chi connectivity index (χ2v) is 7.02. The molecule has 6 heteroatoms. The second-order valence-electron chi connectivity index (χ2n) is 6.13. The molecular weight excluding hydrogens is 312 g/mol. The number of nitrogens with zero attached hydrogens (tertiary/aromatic N) is 2. The molecular formula is C17H22N2O3S. The van der Waals surface area contributed by atoms with E-state index in [0.29, 0.717) is 24.7 Å². The Labute approximate surface area is 140 Å². The van der Waals surface area contributed by atoms with Crippen LogP contribution in [0, 0.1) is 0 Å². The Morgan fingerprint density at radius 1 is 1.52 bits per heavy atom. The number of hydrogen-bond acceptors (Lipinski definition) is 5. The summed E-state index contributed by atoms with van der Waals surface area (Å²) in [6.45, 7) is 5.97. The van der Waals surface area contributed by atoms with E-state index >= 15 is 0 Å². The summed E-state index contributed by atoms with van der Waals surface area (Å²) in [5.41, 5.74) is 0.517. The first kappa shape index (κ1) is 16.2. The minimum atomic E-state index is -0.0555. The van der Waals surface area contributed by atoms with Gasteiger partial charge in [0.1, 0.15) is 11.5 Å². The maximum Gasteiger partial charge on any atom is 0.273 e. The van der Waals surface area contributed by atoms with Crippen LogP contribution in [0.5, 0.6) is 0 Å². The monoisotopic (exact) mass is 334 g/mol. The number of ether oxygens (including phenoxy) is 1. The van der Waals surface area contributed by atoms with E-state index in [0.717, 1.165) is 30.2 Å². The maximum absolute atomic E-state index is 12.9. The molecule has 0 N–H and O–H groups in total. The highest BCUT2D eigenvalue weighted by atomic mass is 32.1. The van der Waals surface area contributed by atoms with E-state index in [-0.39, 0.29) is 12.0 Å². The van der Waals surface area contributed by atoms with E-state index in [1.807, 2.05) is 17.5 Å². The normalized spacial score (nSPS) is 17.8. The highest BCUT2D eigenvalue weighted by molar-refractivity contribution is 7.09. The fourth-order valence-corrected chi connectivity index (χ4v) is 3.47. The van der Waals surface area contributed by atoms with Gasteiger partial charge in [0.2, 0.25) is 0 Å². The van der Waals surface area contributed by atoms with Crippen LogP contribution in [0.3, 0.4) is 0 Å². The number of carbonyl (C=O) groups excluding carboxylic acids is 1. The van der Waals surface area contributed by atoms with Crippen LogP contribution in [0.15, 0.2) is 28.2 Å². The molecule has 0 aliphatic carbocycles. The van der Waals surface area contributed by atoms with E-state index in [1.165, 1.54) is 0 Å². The maximum atomic E-state index is 12.9. The zero-order valence-corrected chi connectivity index (χ0v) is 14.3. The summed E-state index contributed by atoms with van der Waals surface area (Å²) >= 11 is 1.54. The smallest absolute Gasteiger partial charge is 0.273 e. The van der Waals surface area contributed by atoms with Gasteiger partial charge >= 0.3 is 0 Å². The van der Waals surface area contributed by atoms with Crippen molar-refractivity contribution in [1.82, 2.24) is 9.88 Å². The fraction of sp³-hybridized carbons (Fsp3) is 0.529. The molecule has 0 radical (unpaired) electrons. The highest BCUT2D eigenvalue weighted by Gasteiger charge is 2.26. The summed E-state index contributed by atoms with van der Waals surface area (Å²) in [5, 5.41) is 2.84. The van der Waals surface area contributed by atoms with Crippen LogP contribution < -0.4 is 0 Å². The van der Waals surface area contributed by atoms with Gasteiger partial charge in [0, 0.05) is 24.4 Å². The van der Waals surface area contributed by atoms with Gasteiger partial charge in [-0.15, -0.1) is 11.3 Å². The molecule has 5 nitrogen and oxygen atoms in total. The molecule has 124 valence electrons. The topological polar surface area (TPSA) is 55.6 Å². The molecule has 3 rings (SSSR count). The van der Waals surface area contributed by atoms with Crippen LogP contribution in [0.4, 0.5) is 0 Å². The Bertz CT molecular complexity index is 630. The van der Waals surface area contributed by atoms with Gasteiger partial charge in [-0.2, -0.15) is 0 Å². The Kier molecular flexibility index (Phi) is 5.13. The first-order valence-electron chi connectivity index (χ1n) is 8.02. The number of hydrogen-bond donors (Lipinski definition) is 0. The molecule has 2 aromatic rings. The predicted molar refractivity (Wildman–Crippen MR) is 88.6 cm³/mol. The molecule has 0 aromatic carbocycles.